The zero-order chi connectivity index (χ0) is 17.8. The zero-order valence-electron chi connectivity index (χ0n) is 13.6. The van der Waals surface area contributed by atoms with Crippen LogP contribution in [0, 0.1) is 11.3 Å². The summed E-state index contributed by atoms with van der Waals surface area (Å²) in [6.45, 7) is 2.61. The quantitative estimate of drug-likeness (QED) is 0.690. The number of imidazole rings is 1. The third-order valence-electron chi connectivity index (χ3n) is 3.70. The molecule has 1 aromatic heterocycles. The summed E-state index contributed by atoms with van der Waals surface area (Å²) in [6.07, 6.45) is 3.44. The Hall–Kier alpha value is -2.97. The summed E-state index contributed by atoms with van der Waals surface area (Å²) in [5.74, 6) is 0.200. The van der Waals surface area contributed by atoms with Gasteiger partial charge in [0.25, 0.3) is 0 Å². The first-order valence-electron chi connectivity index (χ1n) is 7.78. The van der Waals surface area contributed by atoms with Gasteiger partial charge in [0, 0.05) is 5.57 Å². The number of nitriles is 1. The van der Waals surface area contributed by atoms with Crippen molar-refractivity contribution in [1.82, 2.24) is 9.55 Å². The minimum atomic E-state index is -0.0974. The minimum absolute atomic E-state index is 0.0974. The fourth-order valence-corrected chi connectivity index (χ4v) is 2.80. The Labute approximate surface area is 150 Å². The number of nitrogens with zero attached hydrogens (tertiary/aromatic N) is 3. The topological polar surface area (TPSA) is 71.1 Å². The van der Waals surface area contributed by atoms with Crippen LogP contribution in [0.25, 0.3) is 17.1 Å². The molecule has 126 valence electrons. The molecule has 0 aliphatic carbocycles. The monoisotopic (exact) mass is 353 g/mol. The van der Waals surface area contributed by atoms with Crippen LogP contribution in [0.2, 0.25) is 5.02 Å². The number of hydrogen-bond donors (Lipinski definition) is 1. The number of ether oxygens (including phenoxy) is 1. The van der Waals surface area contributed by atoms with Gasteiger partial charge < -0.3 is 14.4 Å². The minimum Gasteiger partial charge on any atom is -0.503 e. The van der Waals surface area contributed by atoms with E-state index in [-0.39, 0.29) is 10.8 Å². The molecule has 0 fully saturated rings. The molecule has 0 spiro atoms. The van der Waals surface area contributed by atoms with Gasteiger partial charge in [0.15, 0.2) is 11.5 Å². The van der Waals surface area contributed by atoms with E-state index in [1.807, 2.05) is 35.8 Å². The molecule has 0 aliphatic heterocycles. The van der Waals surface area contributed by atoms with Crippen molar-refractivity contribution in [2.24, 2.45) is 0 Å². The van der Waals surface area contributed by atoms with Crippen LogP contribution in [-0.4, -0.2) is 21.3 Å². The Bertz CT molecular complexity index is 986. The van der Waals surface area contributed by atoms with Crippen LogP contribution in [0.3, 0.4) is 0 Å². The number of para-hydroxylation sites is 2. The molecular formula is C19H16ClN3O2. The van der Waals surface area contributed by atoms with Gasteiger partial charge in [-0.3, -0.25) is 0 Å². The Balaban J connectivity index is 1.94. The molecule has 0 radical (unpaired) electrons. The zero-order valence-corrected chi connectivity index (χ0v) is 14.4. The van der Waals surface area contributed by atoms with Crippen LogP contribution in [0.5, 0.6) is 11.5 Å². The van der Waals surface area contributed by atoms with Crippen LogP contribution in [0.4, 0.5) is 0 Å². The van der Waals surface area contributed by atoms with Gasteiger partial charge in [-0.25, -0.2) is 4.98 Å². The highest BCUT2D eigenvalue weighted by Gasteiger charge is 2.10. The van der Waals surface area contributed by atoms with Gasteiger partial charge in [0.2, 0.25) is 0 Å². The van der Waals surface area contributed by atoms with Crippen LogP contribution < -0.4 is 4.74 Å². The summed E-state index contributed by atoms with van der Waals surface area (Å²) in [5, 5.41) is 19.6. The van der Waals surface area contributed by atoms with Gasteiger partial charge in [-0.15, -0.1) is 0 Å². The van der Waals surface area contributed by atoms with Crippen molar-refractivity contribution in [3.63, 3.8) is 0 Å². The molecular weight excluding hydrogens is 338 g/mol. The van der Waals surface area contributed by atoms with Gasteiger partial charge in [-0.2, -0.15) is 5.26 Å². The molecule has 0 atom stereocenters. The maximum atomic E-state index is 9.92. The first-order chi connectivity index (χ1) is 12.1. The van der Waals surface area contributed by atoms with E-state index in [1.54, 1.807) is 24.5 Å². The number of rotatable bonds is 5. The largest absolute Gasteiger partial charge is 0.503 e. The van der Waals surface area contributed by atoms with Crippen molar-refractivity contribution in [1.29, 1.82) is 5.26 Å². The maximum Gasteiger partial charge on any atom is 0.176 e. The van der Waals surface area contributed by atoms with E-state index in [0.717, 1.165) is 11.0 Å². The summed E-state index contributed by atoms with van der Waals surface area (Å²) in [5.41, 5.74) is 3.06. The molecule has 1 heterocycles. The molecule has 0 saturated carbocycles. The highest BCUT2D eigenvalue weighted by molar-refractivity contribution is 6.32. The van der Waals surface area contributed by atoms with Crippen LogP contribution in [0.1, 0.15) is 12.5 Å². The number of benzene rings is 2. The van der Waals surface area contributed by atoms with Gasteiger partial charge in [0.1, 0.15) is 0 Å². The number of allylic oxidation sites excluding steroid dienone is 1. The predicted octanol–water partition coefficient (Wildman–Crippen LogP) is 4.40. The van der Waals surface area contributed by atoms with Crippen molar-refractivity contribution in [3.05, 3.63) is 58.9 Å². The number of aromatic nitrogens is 2. The molecule has 0 unspecified atom stereocenters. The van der Waals surface area contributed by atoms with Crippen molar-refractivity contribution >= 4 is 28.7 Å². The van der Waals surface area contributed by atoms with E-state index in [0.29, 0.717) is 30.0 Å². The standard InChI is InChI=1S/C19H16ClN3O2/c1-2-25-18-9-13(8-15(20)19(18)24)7-14(10-21)11-23-12-22-16-5-3-4-6-17(16)23/h3-9,12,24H,2,11H2,1H3/b14-7-. The van der Waals surface area contributed by atoms with Crippen molar-refractivity contribution in [2.45, 2.75) is 13.5 Å². The summed E-state index contributed by atoms with van der Waals surface area (Å²) in [4.78, 5) is 4.33. The Morgan fingerprint density at radius 1 is 1.40 bits per heavy atom. The smallest absolute Gasteiger partial charge is 0.176 e. The highest BCUT2D eigenvalue weighted by atomic mass is 35.5. The van der Waals surface area contributed by atoms with Gasteiger partial charge in [-0.05, 0) is 42.8 Å². The summed E-state index contributed by atoms with van der Waals surface area (Å²) in [6, 6.07) is 13.2. The average molecular weight is 354 g/mol. The molecule has 5 nitrogen and oxygen atoms in total. The molecule has 3 aromatic rings. The molecule has 25 heavy (non-hydrogen) atoms. The van der Waals surface area contributed by atoms with Crippen molar-refractivity contribution < 1.29 is 9.84 Å². The third kappa shape index (κ3) is 3.59. The number of fused-ring (bicyclic) bond motifs is 1. The maximum absolute atomic E-state index is 9.92. The average Bonchev–Trinajstić information content (AvgIpc) is 3.02. The van der Waals surface area contributed by atoms with E-state index in [2.05, 4.69) is 11.1 Å². The Kier molecular flexibility index (Phi) is 4.92. The number of phenols is 1. The Morgan fingerprint density at radius 3 is 2.96 bits per heavy atom. The third-order valence-corrected chi connectivity index (χ3v) is 3.99. The first kappa shape index (κ1) is 16.9. The van der Waals surface area contributed by atoms with Crippen LogP contribution in [-0.2, 0) is 6.54 Å². The summed E-state index contributed by atoms with van der Waals surface area (Å²) >= 11 is 6.04. The van der Waals surface area contributed by atoms with Gasteiger partial charge in [0.05, 0.1) is 41.6 Å². The Morgan fingerprint density at radius 2 is 2.20 bits per heavy atom. The van der Waals surface area contributed by atoms with Crippen molar-refractivity contribution in [2.75, 3.05) is 6.61 Å². The SMILES string of the molecule is CCOc1cc(/C=C(/C#N)Cn2cnc3ccccc32)cc(Cl)c1O. The van der Waals surface area contributed by atoms with Crippen molar-refractivity contribution in [3.8, 4) is 17.6 Å². The molecule has 2 aromatic carbocycles. The van der Waals surface area contributed by atoms with E-state index in [4.69, 9.17) is 16.3 Å². The first-order valence-corrected chi connectivity index (χ1v) is 8.16. The predicted molar refractivity (Wildman–Crippen MR) is 97.6 cm³/mol. The fourth-order valence-electron chi connectivity index (χ4n) is 2.58. The van der Waals surface area contributed by atoms with Gasteiger partial charge >= 0.3 is 0 Å². The lowest BCUT2D eigenvalue weighted by molar-refractivity contribution is 0.318. The summed E-state index contributed by atoms with van der Waals surface area (Å²) < 4.78 is 7.29. The van der Waals surface area contributed by atoms with E-state index in [9.17, 15) is 10.4 Å². The number of hydrogen-bond acceptors (Lipinski definition) is 4. The second-order valence-electron chi connectivity index (χ2n) is 5.43. The lowest BCUT2D eigenvalue weighted by atomic mass is 10.1. The molecule has 0 bridgehead atoms. The lowest BCUT2D eigenvalue weighted by Gasteiger charge is -2.09. The fraction of sp³-hybridized carbons (Fsp3) is 0.158. The summed E-state index contributed by atoms with van der Waals surface area (Å²) in [7, 11) is 0. The molecule has 0 aliphatic rings. The number of aromatic hydroxyl groups is 1. The molecule has 0 saturated heterocycles. The van der Waals surface area contributed by atoms with Gasteiger partial charge in [-0.1, -0.05) is 23.7 Å². The van der Waals surface area contributed by atoms with E-state index in [1.165, 1.54) is 0 Å². The van der Waals surface area contributed by atoms with E-state index < -0.39 is 0 Å². The second-order valence-corrected chi connectivity index (χ2v) is 5.83. The highest BCUT2D eigenvalue weighted by Crippen LogP contribution is 2.35. The molecule has 3 rings (SSSR count). The molecule has 6 heteroatoms. The number of halogens is 1. The molecule has 1 N–H and O–H groups in total. The normalized spacial score (nSPS) is 11.5. The van der Waals surface area contributed by atoms with Crippen LogP contribution in [0.15, 0.2) is 48.3 Å². The lowest BCUT2D eigenvalue weighted by Crippen LogP contribution is -1.98. The second kappa shape index (κ2) is 7.29. The van der Waals surface area contributed by atoms with E-state index >= 15 is 0 Å². The molecule has 0 amide bonds. The number of phenolic OH excluding ortho intramolecular Hbond substituents is 1. The van der Waals surface area contributed by atoms with Crippen LogP contribution >= 0.6 is 11.6 Å².